The first-order chi connectivity index (χ1) is 9.22. The van der Waals surface area contributed by atoms with E-state index in [1.54, 1.807) is 0 Å². The van der Waals surface area contributed by atoms with Crippen LogP contribution in [0.5, 0.6) is 5.75 Å². The molecule has 0 aliphatic carbocycles. The minimum Gasteiger partial charge on any atom is -0.489 e. The van der Waals surface area contributed by atoms with Gasteiger partial charge >= 0.3 is 0 Å². The molecule has 0 bridgehead atoms. The molecule has 1 aromatic rings. The minimum absolute atomic E-state index is 0.0156. The van der Waals surface area contributed by atoms with Gasteiger partial charge in [0.05, 0.1) is 11.7 Å². The second kappa shape index (κ2) is 3.87. The van der Waals surface area contributed by atoms with E-state index >= 15 is 0 Å². The smallest absolute Gasteiger partial charge is 0.252 e. The number of carbonyl (C=O) groups excluding carboxylic acids is 1. The van der Waals surface area contributed by atoms with Gasteiger partial charge in [-0.15, -0.1) is 0 Å². The third-order valence-electron chi connectivity index (χ3n) is 4.30. The summed E-state index contributed by atoms with van der Waals surface area (Å²) in [5.74, 6) is 0.874. The van der Waals surface area contributed by atoms with Gasteiger partial charge in [0.25, 0.3) is 5.91 Å². The van der Waals surface area contributed by atoms with Crippen molar-refractivity contribution < 1.29 is 9.53 Å². The fraction of sp³-hybridized carbons (Fsp3) is 0.500. The predicted octanol–water partition coefficient (Wildman–Crippen LogP) is 0.443. The lowest BCUT2D eigenvalue weighted by Gasteiger charge is -2.44. The SMILES string of the molecule is CN1CCN2c3cc4c(cc3OCC2C1)C(=O)NC4. The molecule has 3 aliphatic heterocycles. The van der Waals surface area contributed by atoms with Gasteiger partial charge in [0.1, 0.15) is 12.4 Å². The van der Waals surface area contributed by atoms with Gasteiger partial charge in [-0.25, -0.2) is 0 Å². The number of likely N-dealkylation sites (N-methyl/N-ethyl adjacent to an activating group) is 1. The van der Waals surface area contributed by atoms with Crippen LogP contribution in [0.4, 0.5) is 5.69 Å². The summed E-state index contributed by atoms with van der Waals surface area (Å²) in [5.41, 5.74) is 3.01. The zero-order valence-electron chi connectivity index (χ0n) is 11.0. The lowest BCUT2D eigenvalue weighted by Crippen LogP contribution is -2.56. The molecule has 1 saturated heterocycles. The van der Waals surface area contributed by atoms with Crippen LogP contribution in [0, 0.1) is 0 Å². The zero-order valence-corrected chi connectivity index (χ0v) is 11.0. The first kappa shape index (κ1) is 11.1. The summed E-state index contributed by atoms with van der Waals surface area (Å²) in [6.45, 7) is 4.48. The molecule has 4 rings (SSSR count). The molecule has 0 radical (unpaired) electrons. The molecule has 3 aliphatic rings. The van der Waals surface area contributed by atoms with Gasteiger partial charge in [-0.05, 0) is 24.7 Å². The minimum atomic E-state index is 0.0156. The topological polar surface area (TPSA) is 44.8 Å². The van der Waals surface area contributed by atoms with E-state index < -0.39 is 0 Å². The molecule has 1 N–H and O–H groups in total. The molecule has 100 valence electrons. The van der Waals surface area contributed by atoms with Crippen molar-refractivity contribution in [2.24, 2.45) is 0 Å². The molecular weight excluding hydrogens is 242 g/mol. The van der Waals surface area contributed by atoms with E-state index in [4.69, 9.17) is 4.74 Å². The highest BCUT2D eigenvalue weighted by Crippen LogP contribution is 2.38. The van der Waals surface area contributed by atoms with E-state index in [2.05, 4.69) is 28.2 Å². The summed E-state index contributed by atoms with van der Waals surface area (Å²) >= 11 is 0. The first-order valence-electron chi connectivity index (χ1n) is 6.75. The van der Waals surface area contributed by atoms with Gasteiger partial charge in [-0.3, -0.25) is 4.79 Å². The van der Waals surface area contributed by atoms with E-state index in [9.17, 15) is 4.79 Å². The summed E-state index contributed by atoms with van der Waals surface area (Å²) in [5, 5.41) is 2.87. The fourth-order valence-electron chi connectivity index (χ4n) is 3.24. The summed E-state index contributed by atoms with van der Waals surface area (Å²) in [4.78, 5) is 16.5. The first-order valence-corrected chi connectivity index (χ1v) is 6.75. The van der Waals surface area contributed by atoms with E-state index in [0.29, 0.717) is 19.2 Å². The molecule has 3 heterocycles. The summed E-state index contributed by atoms with van der Waals surface area (Å²) in [6, 6.07) is 4.45. The Morgan fingerprint density at radius 1 is 1.37 bits per heavy atom. The standard InChI is InChI=1S/C14H17N3O2/c1-16-2-3-17-10(7-16)8-19-13-5-11-9(4-12(13)17)6-15-14(11)18/h4-5,10H,2-3,6-8H2,1H3,(H,15,18). The van der Waals surface area contributed by atoms with Crippen molar-refractivity contribution in [2.45, 2.75) is 12.6 Å². The van der Waals surface area contributed by atoms with Crippen LogP contribution in [0.2, 0.25) is 0 Å². The average molecular weight is 259 g/mol. The van der Waals surface area contributed by atoms with E-state index in [1.807, 2.05) is 6.07 Å². The van der Waals surface area contributed by atoms with Crippen molar-refractivity contribution in [3.05, 3.63) is 23.3 Å². The molecule has 0 aromatic heterocycles. The Morgan fingerprint density at radius 2 is 2.26 bits per heavy atom. The number of carbonyl (C=O) groups is 1. The van der Waals surface area contributed by atoms with Gasteiger partial charge in [0.15, 0.2) is 0 Å². The molecule has 0 saturated carbocycles. The van der Waals surface area contributed by atoms with Gasteiger partial charge < -0.3 is 19.9 Å². The third kappa shape index (κ3) is 1.61. The van der Waals surface area contributed by atoms with Crippen LogP contribution in [0.1, 0.15) is 15.9 Å². The number of anilines is 1. The van der Waals surface area contributed by atoms with Crippen molar-refractivity contribution in [3.8, 4) is 5.75 Å². The number of nitrogens with zero attached hydrogens (tertiary/aromatic N) is 2. The van der Waals surface area contributed by atoms with Crippen LogP contribution in [-0.2, 0) is 6.54 Å². The van der Waals surface area contributed by atoms with Crippen molar-refractivity contribution in [1.82, 2.24) is 10.2 Å². The molecule has 1 atom stereocenters. The highest BCUT2D eigenvalue weighted by molar-refractivity contribution is 5.99. The Kier molecular flexibility index (Phi) is 2.26. The lowest BCUT2D eigenvalue weighted by atomic mass is 10.0. The Labute approximate surface area is 112 Å². The summed E-state index contributed by atoms with van der Waals surface area (Å²) in [6.07, 6.45) is 0. The fourth-order valence-corrected chi connectivity index (χ4v) is 3.24. The maximum Gasteiger partial charge on any atom is 0.252 e. The molecule has 1 fully saturated rings. The predicted molar refractivity (Wildman–Crippen MR) is 71.7 cm³/mol. The van der Waals surface area contributed by atoms with Crippen molar-refractivity contribution in [1.29, 1.82) is 0 Å². The number of rotatable bonds is 0. The monoisotopic (exact) mass is 259 g/mol. The maximum atomic E-state index is 11.7. The highest BCUT2D eigenvalue weighted by atomic mass is 16.5. The van der Waals surface area contributed by atoms with Gasteiger partial charge in [0.2, 0.25) is 0 Å². The Hall–Kier alpha value is -1.75. The molecule has 5 nitrogen and oxygen atoms in total. The van der Waals surface area contributed by atoms with Crippen LogP contribution >= 0.6 is 0 Å². The third-order valence-corrected chi connectivity index (χ3v) is 4.30. The highest BCUT2D eigenvalue weighted by Gasteiger charge is 2.33. The largest absolute Gasteiger partial charge is 0.489 e. The Bertz CT molecular complexity index is 558. The number of piperazine rings is 1. The van der Waals surface area contributed by atoms with E-state index in [1.165, 1.54) is 0 Å². The second-order valence-electron chi connectivity index (χ2n) is 5.58. The van der Waals surface area contributed by atoms with Crippen molar-refractivity contribution in [3.63, 3.8) is 0 Å². The van der Waals surface area contributed by atoms with E-state index in [-0.39, 0.29) is 5.91 Å². The Balaban J connectivity index is 1.76. The Morgan fingerprint density at radius 3 is 3.16 bits per heavy atom. The zero-order chi connectivity index (χ0) is 13.0. The average Bonchev–Trinajstić information content (AvgIpc) is 2.77. The molecule has 1 amide bonds. The number of nitrogens with one attached hydrogen (secondary N) is 1. The molecule has 1 aromatic carbocycles. The van der Waals surface area contributed by atoms with Crippen molar-refractivity contribution in [2.75, 3.05) is 38.2 Å². The van der Waals surface area contributed by atoms with Crippen LogP contribution in [0.15, 0.2) is 12.1 Å². The van der Waals surface area contributed by atoms with Crippen LogP contribution in [0.3, 0.4) is 0 Å². The normalized spacial score (nSPS) is 25.2. The van der Waals surface area contributed by atoms with Crippen molar-refractivity contribution >= 4 is 11.6 Å². The number of fused-ring (bicyclic) bond motifs is 4. The number of hydrogen-bond donors (Lipinski definition) is 1. The van der Waals surface area contributed by atoms with Crippen LogP contribution in [0.25, 0.3) is 0 Å². The second-order valence-corrected chi connectivity index (χ2v) is 5.58. The van der Waals surface area contributed by atoms with Gasteiger partial charge in [-0.2, -0.15) is 0 Å². The molecule has 1 unspecified atom stereocenters. The summed E-state index contributed by atoms with van der Waals surface area (Å²) < 4.78 is 5.87. The number of ether oxygens (including phenoxy) is 1. The summed E-state index contributed by atoms with van der Waals surface area (Å²) in [7, 11) is 2.15. The molecule has 0 spiro atoms. The maximum absolute atomic E-state index is 11.7. The molecule has 19 heavy (non-hydrogen) atoms. The van der Waals surface area contributed by atoms with Crippen LogP contribution < -0.4 is 15.0 Å². The number of hydrogen-bond acceptors (Lipinski definition) is 4. The number of benzene rings is 1. The quantitative estimate of drug-likeness (QED) is 0.734. The number of amides is 1. The molecule has 5 heteroatoms. The van der Waals surface area contributed by atoms with Crippen LogP contribution in [-0.4, -0.2) is 50.1 Å². The van der Waals surface area contributed by atoms with Gasteiger partial charge in [0, 0.05) is 31.7 Å². The van der Waals surface area contributed by atoms with E-state index in [0.717, 1.165) is 42.2 Å². The van der Waals surface area contributed by atoms with Gasteiger partial charge in [-0.1, -0.05) is 0 Å². The molecular formula is C14H17N3O2. The lowest BCUT2D eigenvalue weighted by molar-refractivity contribution is 0.0965.